The smallest absolute Gasteiger partial charge is 0.410 e. The SMILES string of the molecule is CC[C@H](C)[C@@H]([C@@H](CC(=O)N1CCC[C@H]1[C@H](OC)[C@@H](C)C(=O)N[C@H](C=Cc1ccc(S(=O)(=O)O)cc1)Cc1ccccc1)OC)N(C)C(=O)[C@@H](NC(=O)[C@H](C(C)C)N(C)C(=O)OC(C)(C)C)C(C)C. The van der Waals surface area contributed by atoms with Crippen molar-refractivity contribution in [2.45, 2.75) is 154 Å². The molecule has 9 atom stereocenters. The summed E-state index contributed by atoms with van der Waals surface area (Å²) in [6.07, 6.45) is 3.94. The van der Waals surface area contributed by atoms with Gasteiger partial charge in [-0.25, -0.2) is 4.79 Å². The predicted octanol–water partition coefficient (Wildman–Crippen LogP) is 6.63. The Hall–Kier alpha value is -4.84. The van der Waals surface area contributed by atoms with Crippen molar-refractivity contribution >= 4 is 45.9 Å². The molecule has 3 rings (SSSR count). The first-order valence-electron chi connectivity index (χ1n) is 23.7. The molecule has 0 spiro atoms. The molecule has 3 N–H and O–H groups in total. The van der Waals surface area contributed by atoms with Crippen molar-refractivity contribution in [1.29, 1.82) is 0 Å². The first-order valence-corrected chi connectivity index (χ1v) is 25.2. The number of methoxy groups -OCH3 is 2. The van der Waals surface area contributed by atoms with Crippen LogP contribution in [0.5, 0.6) is 0 Å². The zero-order valence-electron chi connectivity index (χ0n) is 42.7. The minimum Gasteiger partial charge on any atom is -0.444 e. The van der Waals surface area contributed by atoms with Gasteiger partial charge in [-0.05, 0) is 81.0 Å². The van der Waals surface area contributed by atoms with Crippen LogP contribution >= 0.6 is 0 Å². The third-order valence-corrected chi connectivity index (χ3v) is 13.7. The molecular weight excluding hydrogens is 891 g/mol. The minimum atomic E-state index is -4.35. The summed E-state index contributed by atoms with van der Waals surface area (Å²) in [5.41, 5.74) is 0.877. The number of hydrogen-bond acceptors (Lipinski definition) is 10. The van der Waals surface area contributed by atoms with E-state index in [0.29, 0.717) is 37.8 Å². The van der Waals surface area contributed by atoms with Crippen molar-refractivity contribution in [3.05, 3.63) is 71.8 Å². The van der Waals surface area contributed by atoms with Crippen molar-refractivity contribution in [3.8, 4) is 0 Å². The molecule has 2 aromatic carbocycles. The number of rotatable bonds is 23. The van der Waals surface area contributed by atoms with Crippen molar-refractivity contribution in [2.75, 3.05) is 34.9 Å². The molecule has 1 heterocycles. The quantitative estimate of drug-likeness (QED) is 0.101. The van der Waals surface area contributed by atoms with E-state index in [2.05, 4.69) is 10.6 Å². The van der Waals surface area contributed by atoms with Gasteiger partial charge in [-0.15, -0.1) is 0 Å². The number of amides is 5. The normalized spacial score (nSPS) is 18.0. The van der Waals surface area contributed by atoms with Crippen molar-refractivity contribution in [2.24, 2.45) is 23.7 Å². The van der Waals surface area contributed by atoms with E-state index in [0.717, 1.165) is 5.56 Å². The molecule has 0 radical (unpaired) electrons. The summed E-state index contributed by atoms with van der Waals surface area (Å²) in [4.78, 5) is 74.6. The molecule has 1 aliphatic heterocycles. The number of ether oxygens (including phenoxy) is 3. The van der Waals surface area contributed by atoms with E-state index in [4.69, 9.17) is 14.2 Å². The Balaban J connectivity index is 1.83. The van der Waals surface area contributed by atoms with Gasteiger partial charge >= 0.3 is 6.09 Å². The zero-order chi connectivity index (χ0) is 51.3. The summed E-state index contributed by atoms with van der Waals surface area (Å²) in [6.45, 7) is 18.8. The lowest BCUT2D eigenvalue weighted by atomic mass is 9.89. The summed E-state index contributed by atoms with van der Waals surface area (Å²) < 4.78 is 50.2. The van der Waals surface area contributed by atoms with E-state index in [9.17, 15) is 36.9 Å². The molecule has 1 fully saturated rings. The minimum absolute atomic E-state index is 0.0550. The van der Waals surface area contributed by atoms with Gasteiger partial charge < -0.3 is 34.6 Å². The molecule has 5 amide bonds. The summed E-state index contributed by atoms with van der Waals surface area (Å²) in [7, 11) is 1.89. The average molecular weight is 970 g/mol. The molecule has 0 bridgehead atoms. The maximum absolute atomic E-state index is 14.6. The number of hydrogen-bond donors (Lipinski definition) is 3. The molecule has 2 aromatic rings. The number of likely N-dealkylation sites (N-methyl/N-ethyl adjacent to an activating group) is 2. The Morgan fingerprint density at radius 2 is 1.49 bits per heavy atom. The van der Waals surface area contributed by atoms with Gasteiger partial charge in [0.2, 0.25) is 23.6 Å². The summed E-state index contributed by atoms with van der Waals surface area (Å²) >= 11 is 0. The van der Waals surface area contributed by atoms with Crippen LogP contribution in [-0.4, -0.2) is 140 Å². The van der Waals surface area contributed by atoms with Crippen LogP contribution in [0.1, 0.15) is 106 Å². The van der Waals surface area contributed by atoms with Gasteiger partial charge in [-0.1, -0.05) is 110 Å². The van der Waals surface area contributed by atoms with Crippen LogP contribution in [0.4, 0.5) is 4.79 Å². The topological polar surface area (TPSA) is 201 Å². The number of carbonyl (C=O) groups excluding carboxylic acids is 5. The fraction of sp³-hybridized carbons (Fsp3) is 0.627. The monoisotopic (exact) mass is 970 g/mol. The summed E-state index contributed by atoms with van der Waals surface area (Å²) in [5.74, 6) is -2.76. The highest BCUT2D eigenvalue weighted by atomic mass is 32.2. The van der Waals surface area contributed by atoms with Gasteiger partial charge in [0.1, 0.15) is 17.7 Å². The number of carbonyl (C=O) groups is 5. The zero-order valence-corrected chi connectivity index (χ0v) is 43.5. The second kappa shape index (κ2) is 25.7. The van der Waals surface area contributed by atoms with Crippen LogP contribution in [0.2, 0.25) is 0 Å². The molecule has 0 aromatic heterocycles. The number of benzene rings is 2. The lowest BCUT2D eigenvalue weighted by molar-refractivity contribution is -0.148. The molecule has 0 unspecified atom stereocenters. The Morgan fingerprint density at radius 1 is 0.868 bits per heavy atom. The highest BCUT2D eigenvalue weighted by Crippen LogP contribution is 2.30. The average Bonchev–Trinajstić information content (AvgIpc) is 3.76. The van der Waals surface area contributed by atoms with E-state index >= 15 is 0 Å². The predicted molar refractivity (Wildman–Crippen MR) is 263 cm³/mol. The van der Waals surface area contributed by atoms with Gasteiger partial charge in [0.15, 0.2) is 0 Å². The Bertz CT molecular complexity index is 2110. The standard InChI is InChI=1S/C51H79N5O11S/c1-15-34(6)45(54(11)49(60)43(32(2)3)53-48(59)44(33(4)5)55(12)50(61)67-51(8,9)10)41(65-13)31-42(57)56-29-19-22-40(56)46(66-14)35(7)47(58)52-38(30-37-20-17-16-18-21-37)26-23-36-24-27-39(28-25-36)68(62,63)64/h16-18,20-21,23-28,32-35,38,40-41,43-46H,15,19,22,29-31H2,1-14H3,(H,52,58)(H,53,59)(H,62,63,64)/t34-,35+,38+,40-,41+,43-,44-,45-,46+/m0/s1. The fourth-order valence-corrected chi connectivity index (χ4v) is 9.46. The van der Waals surface area contributed by atoms with Crippen molar-refractivity contribution in [3.63, 3.8) is 0 Å². The molecule has 0 aliphatic carbocycles. The second-order valence-electron chi connectivity index (χ2n) is 19.8. The maximum atomic E-state index is 14.6. The van der Waals surface area contributed by atoms with Gasteiger partial charge in [-0.3, -0.25) is 28.6 Å². The third kappa shape index (κ3) is 16.1. The van der Waals surface area contributed by atoms with E-state index < -0.39 is 76.1 Å². The fourth-order valence-electron chi connectivity index (χ4n) is 8.98. The van der Waals surface area contributed by atoms with E-state index in [1.54, 1.807) is 62.8 Å². The van der Waals surface area contributed by atoms with Gasteiger partial charge in [0, 0.05) is 34.9 Å². The van der Waals surface area contributed by atoms with Crippen molar-refractivity contribution < 1.29 is 51.2 Å². The number of nitrogens with zero attached hydrogens (tertiary/aromatic N) is 3. The lowest BCUT2D eigenvalue weighted by Crippen LogP contribution is -2.60. The van der Waals surface area contributed by atoms with Gasteiger partial charge in [0.25, 0.3) is 10.1 Å². The molecule has 1 aliphatic rings. The van der Waals surface area contributed by atoms with Crippen LogP contribution in [-0.2, 0) is 49.9 Å². The largest absolute Gasteiger partial charge is 0.444 e. The first kappa shape index (κ1) is 57.5. The molecule has 0 saturated carbocycles. The first-order chi connectivity index (χ1) is 31.8. The maximum Gasteiger partial charge on any atom is 0.410 e. The highest BCUT2D eigenvalue weighted by molar-refractivity contribution is 7.85. The summed E-state index contributed by atoms with van der Waals surface area (Å²) in [6, 6.07) is 12.1. The van der Waals surface area contributed by atoms with Gasteiger partial charge in [0.05, 0.1) is 47.6 Å². The molecular formula is C51H79N5O11S. The Morgan fingerprint density at radius 3 is 2.00 bits per heavy atom. The van der Waals surface area contributed by atoms with E-state index in [1.165, 1.54) is 38.3 Å². The van der Waals surface area contributed by atoms with Crippen molar-refractivity contribution in [1.82, 2.24) is 25.3 Å². The molecule has 380 valence electrons. The Labute approximate surface area is 405 Å². The van der Waals surface area contributed by atoms with Crippen LogP contribution in [0, 0.1) is 23.7 Å². The van der Waals surface area contributed by atoms with Crippen LogP contribution in [0.15, 0.2) is 65.6 Å². The highest BCUT2D eigenvalue weighted by Gasteiger charge is 2.44. The molecule has 1 saturated heterocycles. The third-order valence-electron chi connectivity index (χ3n) is 12.8. The number of likely N-dealkylation sites (tertiary alicyclic amines) is 1. The molecule has 17 heteroatoms. The Kier molecular flexibility index (Phi) is 21.7. The van der Waals surface area contributed by atoms with E-state index in [1.807, 2.05) is 78.0 Å². The molecule has 16 nitrogen and oxygen atoms in total. The van der Waals surface area contributed by atoms with E-state index in [-0.39, 0.29) is 46.8 Å². The summed E-state index contributed by atoms with van der Waals surface area (Å²) in [5, 5.41) is 6.11. The van der Waals surface area contributed by atoms with Crippen LogP contribution in [0.3, 0.4) is 0 Å². The molecule has 68 heavy (non-hydrogen) atoms. The number of nitrogens with one attached hydrogen (secondary N) is 2. The van der Waals surface area contributed by atoms with Crippen LogP contribution < -0.4 is 10.6 Å². The van der Waals surface area contributed by atoms with Crippen LogP contribution in [0.25, 0.3) is 6.08 Å². The second-order valence-corrected chi connectivity index (χ2v) is 21.2. The van der Waals surface area contributed by atoms with Gasteiger partial charge in [-0.2, -0.15) is 8.42 Å². The lowest BCUT2D eigenvalue weighted by Gasteiger charge is -2.41.